The Balaban J connectivity index is 1.65. The van der Waals surface area contributed by atoms with Gasteiger partial charge in [0.15, 0.2) is 0 Å². The van der Waals surface area contributed by atoms with Crippen LogP contribution < -0.4 is 0 Å². The van der Waals surface area contributed by atoms with Crippen molar-refractivity contribution in [3.63, 3.8) is 0 Å². The topological polar surface area (TPSA) is 32.8 Å². The van der Waals surface area contributed by atoms with E-state index in [1.54, 1.807) is 23.1 Å². The standard InChI is InChI=1S/C15H19FN2O2/c16-14-4-2-1-3-13(14)15(19)18-6-5-12(11-18)17-7-9-20-10-8-17/h1-4,12H,5-11H2. The van der Waals surface area contributed by atoms with Crippen LogP contribution in [0.5, 0.6) is 0 Å². The number of carbonyl (C=O) groups is 1. The van der Waals surface area contributed by atoms with Gasteiger partial charge in [-0.25, -0.2) is 4.39 Å². The van der Waals surface area contributed by atoms with Crippen LogP contribution in [0.2, 0.25) is 0 Å². The number of nitrogens with zero attached hydrogens (tertiary/aromatic N) is 2. The Bertz CT molecular complexity index is 489. The summed E-state index contributed by atoms with van der Waals surface area (Å²) in [6.45, 7) is 4.76. The maximum absolute atomic E-state index is 13.7. The molecular weight excluding hydrogens is 259 g/mol. The number of benzene rings is 1. The smallest absolute Gasteiger partial charge is 0.256 e. The summed E-state index contributed by atoms with van der Waals surface area (Å²) in [5.74, 6) is -0.633. The maximum atomic E-state index is 13.7. The molecule has 3 rings (SSSR count). The van der Waals surface area contributed by atoms with E-state index in [2.05, 4.69) is 4.90 Å². The normalized spacial score (nSPS) is 24.1. The van der Waals surface area contributed by atoms with Gasteiger partial charge >= 0.3 is 0 Å². The van der Waals surface area contributed by atoms with Gasteiger partial charge in [0.1, 0.15) is 5.82 Å². The zero-order valence-corrected chi connectivity index (χ0v) is 11.4. The quantitative estimate of drug-likeness (QED) is 0.819. The molecule has 1 unspecified atom stereocenters. The number of carbonyl (C=O) groups excluding carboxylic acids is 1. The molecule has 1 amide bonds. The monoisotopic (exact) mass is 278 g/mol. The van der Waals surface area contributed by atoms with Crippen molar-refractivity contribution in [2.45, 2.75) is 12.5 Å². The Morgan fingerprint density at radius 3 is 2.70 bits per heavy atom. The van der Waals surface area contributed by atoms with E-state index in [0.29, 0.717) is 19.1 Å². The van der Waals surface area contributed by atoms with Crippen molar-refractivity contribution in [3.8, 4) is 0 Å². The Kier molecular flexibility index (Phi) is 3.98. The van der Waals surface area contributed by atoms with Gasteiger partial charge < -0.3 is 9.64 Å². The van der Waals surface area contributed by atoms with Crippen LogP contribution in [0.15, 0.2) is 24.3 Å². The highest BCUT2D eigenvalue weighted by Crippen LogP contribution is 2.20. The number of rotatable bonds is 2. The highest BCUT2D eigenvalue weighted by molar-refractivity contribution is 5.94. The lowest BCUT2D eigenvalue weighted by Crippen LogP contribution is -2.45. The molecule has 2 saturated heterocycles. The molecule has 0 radical (unpaired) electrons. The van der Waals surface area contributed by atoms with Crippen molar-refractivity contribution >= 4 is 5.91 Å². The molecule has 0 aromatic heterocycles. The minimum Gasteiger partial charge on any atom is -0.379 e. The van der Waals surface area contributed by atoms with Crippen LogP contribution in [0.25, 0.3) is 0 Å². The Morgan fingerprint density at radius 1 is 1.20 bits per heavy atom. The predicted octanol–water partition coefficient (Wildman–Crippen LogP) is 1.37. The highest BCUT2D eigenvalue weighted by Gasteiger charge is 2.32. The first kappa shape index (κ1) is 13.5. The van der Waals surface area contributed by atoms with Gasteiger partial charge in [0, 0.05) is 32.2 Å². The second kappa shape index (κ2) is 5.89. The molecule has 2 fully saturated rings. The number of hydrogen-bond donors (Lipinski definition) is 0. The van der Waals surface area contributed by atoms with Crippen molar-refractivity contribution in [1.82, 2.24) is 9.80 Å². The van der Waals surface area contributed by atoms with Gasteiger partial charge in [0.25, 0.3) is 5.91 Å². The van der Waals surface area contributed by atoms with E-state index in [1.807, 2.05) is 0 Å². The van der Waals surface area contributed by atoms with Crippen LogP contribution in [0.4, 0.5) is 4.39 Å². The first-order chi connectivity index (χ1) is 9.75. The minimum absolute atomic E-state index is 0.176. The molecule has 0 N–H and O–H groups in total. The molecule has 0 aliphatic carbocycles. The van der Waals surface area contributed by atoms with Crippen LogP contribution in [0, 0.1) is 5.82 Å². The van der Waals surface area contributed by atoms with Gasteiger partial charge in [-0.2, -0.15) is 0 Å². The third-order valence-electron chi connectivity index (χ3n) is 4.12. The summed E-state index contributed by atoms with van der Waals surface area (Å²) in [5, 5.41) is 0. The van der Waals surface area contributed by atoms with Gasteiger partial charge in [0.05, 0.1) is 18.8 Å². The van der Waals surface area contributed by atoms with E-state index >= 15 is 0 Å². The molecule has 5 heteroatoms. The molecule has 1 aromatic carbocycles. The van der Waals surface area contributed by atoms with Gasteiger partial charge in [-0.3, -0.25) is 9.69 Å². The lowest BCUT2D eigenvalue weighted by molar-refractivity contribution is 0.0185. The first-order valence-corrected chi connectivity index (χ1v) is 7.11. The van der Waals surface area contributed by atoms with E-state index in [0.717, 1.165) is 32.7 Å². The molecule has 4 nitrogen and oxygen atoms in total. The number of halogens is 1. The van der Waals surface area contributed by atoms with E-state index in [4.69, 9.17) is 4.74 Å². The first-order valence-electron chi connectivity index (χ1n) is 7.11. The van der Waals surface area contributed by atoms with Gasteiger partial charge in [0.2, 0.25) is 0 Å². The largest absolute Gasteiger partial charge is 0.379 e. The molecule has 2 heterocycles. The summed E-state index contributed by atoms with van der Waals surface area (Å²) in [6, 6.07) is 6.58. The fourth-order valence-electron chi connectivity index (χ4n) is 2.97. The number of morpholine rings is 1. The summed E-state index contributed by atoms with van der Waals surface area (Å²) >= 11 is 0. The molecular formula is C15H19FN2O2. The highest BCUT2D eigenvalue weighted by atomic mass is 19.1. The second-order valence-corrected chi connectivity index (χ2v) is 5.32. The Morgan fingerprint density at radius 2 is 1.95 bits per heavy atom. The summed E-state index contributed by atoms with van der Waals surface area (Å²) in [6.07, 6.45) is 0.959. The van der Waals surface area contributed by atoms with Gasteiger partial charge in [-0.05, 0) is 18.6 Å². The minimum atomic E-state index is -0.438. The van der Waals surface area contributed by atoms with Crippen molar-refractivity contribution in [1.29, 1.82) is 0 Å². The molecule has 20 heavy (non-hydrogen) atoms. The Labute approximate surface area is 118 Å². The van der Waals surface area contributed by atoms with Gasteiger partial charge in [-0.1, -0.05) is 12.1 Å². The summed E-state index contributed by atoms with van der Waals surface area (Å²) in [5.41, 5.74) is 0.176. The van der Waals surface area contributed by atoms with Crippen molar-refractivity contribution in [3.05, 3.63) is 35.6 Å². The number of likely N-dealkylation sites (tertiary alicyclic amines) is 1. The average molecular weight is 278 g/mol. The van der Waals surface area contributed by atoms with Crippen molar-refractivity contribution < 1.29 is 13.9 Å². The maximum Gasteiger partial charge on any atom is 0.256 e. The fourth-order valence-corrected chi connectivity index (χ4v) is 2.97. The summed E-state index contributed by atoms with van der Waals surface area (Å²) < 4.78 is 19.0. The Hall–Kier alpha value is -1.46. The van der Waals surface area contributed by atoms with E-state index in [1.165, 1.54) is 6.07 Å². The number of amides is 1. The molecule has 108 valence electrons. The second-order valence-electron chi connectivity index (χ2n) is 5.32. The zero-order chi connectivity index (χ0) is 13.9. The predicted molar refractivity (Wildman–Crippen MR) is 73.1 cm³/mol. The van der Waals surface area contributed by atoms with E-state index in [-0.39, 0.29) is 11.5 Å². The van der Waals surface area contributed by atoms with Crippen LogP contribution in [-0.2, 0) is 4.74 Å². The zero-order valence-electron chi connectivity index (χ0n) is 11.4. The van der Waals surface area contributed by atoms with Crippen LogP contribution in [0.3, 0.4) is 0 Å². The van der Waals surface area contributed by atoms with Crippen LogP contribution in [0.1, 0.15) is 16.8 Å². The molecule has 0 spiro atoms. The van der Waals surface area contributed by atoms with Crippen molar-refractivity contribution in [2.75, 3.05) is 39.4 Å². The lowest BCUT2D eigenvalue weighted by atomic mass is 10.2. The molecule has 2 aliphatic heterocycles. The van der Waals surface area contributed by atoms with Crippen LogP contribution >= 0.6 is 0 Å². The molecule has 0 bridgehead atoms. The summed E-state index contributed by atoms with van der Waals surface area (Å²) in [7, 11) is 0. The molecule has 1 aromatic rings. The van der Waals surface area contributed by atoms with E-state index in [9.17, 15) is 9.18 Å². The molecule has 1 atom stereocenters. The van der Waals surface area contributed by atoms with Gasteiger partial charge in [-0.15, -0.1) is 0 Å². The number of ether oxygens (including phenoxy) is 1. The molecule has 0 saturated carbocycles. The van der Waals surface area contributed by atoms with E-state index < -0.39 is 5.82 Å². The summed E-state index contributed by atoms with van der Waals surface area (Å²) in [4.78, 5) is 16.5. The lowest BCUT2D eigenvalue weighted by Gasteiger charge is -2.32. The van der Waals surface area contributed by atoms with Crippen molar-refractivity contribution in [2.24, 2.45) is 0 Å². The SMILES string of the molecule is O=C(c1ccccc1F)N1CCC(N2CCOCC2)C1. The third kappa shape index (κ3) is 2.69. The number of hydrogen-bond acceptors (Lipinski definition) is 3. The van der Waals surface area contributed by atoms with Crippen LogP contribution in [-0.4, -0.2) is 61.1 Å². The molecule has 2 aliphatic rings. The average Bonchev–Trinajstić information content (AvgIpc) is 2.98. The third-order valence-corrected chi connectivity index (χ3v) is 4.12. The fraction of sp³-hybridized carbons (Fsp3) is 0.533.